The molecule has 0 aliphatic carbocycles. The predicted molar refractivity (Wildman–Crippen MR) is 118 cm³/mol. The topological polar surface area (TPSA) is 115 Å². The molecule has 154 valence electrons. The molecule has 0 amide bonds. The second-order valence-corrected chi connectivity index (χ2v) is 7.46. The molecule has 4 aromatic rings. The average Bonchev–Trinajstić information content (AvgIpc) is 3.05. The van der Waals surface area contributed by atoms with E-state index in [-0.39, 0.29) is 17.7 Å². The number of carboxylic acid groups (broad SMARTS) is 1. The third kappa shape index (κ3) is 4.01. The van der Waals surface area contributed by atoms with Crippen molar-refractivity contribution in [2.75, 3.05) is 0 Å². The van der Waals surface area contributed by atoms with Crippen LogP contribution in [0.5, 0.6) is 11.8 Å². The van der Waals surface area contributed by atoms with Crippen LogP contribution in [-0.4, -0.2) is 15.9 Å². The van der Waals surface area contributed by atoms with Crippen LogP contribution < -0.4 is 16.0 Å². The van der Waals surface area contributed by atoms with Crippen LogP contribution in [0, 0.1) is 20.8 Å². The number of benzene rings is 3. The number of quaternary nitrogens is 1. The van der Waals surface area contributed by atoms with Crippen LogP contribution >= 0.6 is 11.6 Å². The summed E-state index contributed by atoms with van der Waals surface area (Å²) in [6.07, 6.45) is 0. The number of carboxylic acids is 1. The molecule has 0 radical (unpaired) electrons. The van der Waals surface area contributed by atoms with Crippen LogP contribution in [0.25, 0.3) is 22.2 Å². The van der Waals surface area contributed by atoms with Crippen molar-refractivity contribution in [1.29, 1.82) is 0 Å². The minimum absolute atomic E-state index is 0. The molecule has 6 nitrogen and oxygen atoms in total. The highest BCUT2D eigenvalue weighted by Crippen LogP contribution is 2.34. The lowest BCUT2D eigenvalue weighted by Gasteiger charge is -2.09. The van der Waals surface area contributed by atoms with Gasteiger partial charge in [0.15, 0.2) is 0 Å². The number of nitrogens with zero attached hydrogens (tertiary/aromatic N) is 1. The van der Waals surface area contributed by atoms with Crippen molar-refractivity contribution in [1.82, 2.24) is 16.1 Å². The number of carbonyl (C=O) groups excluding carboxylic acids is 1. The SMILES string of the molecule is Cc1ccc(-c2cc3nc(Oc4ccc(C)c(C(=O)[O-])c4)[nH]c3cc2Cl)cc1C.[NH4+]. The van der Waals surface area contributed by atoms with Crippen molar-refractivity contribution in [2.24, 2.45) is 0 Å². The van der Waals surface area contributed by atoms with E-state index in [0.29, 0.717) is 21.9 Å². The molecule has 7 heteroatoms. The first-order valence-corrected chi connectivity index (χ1v) is 9.46. The van der Waals surface area contributed by atoms with Gasteiger partial charge in [-0.3, -0.25) is 0 Å². The number of carbonyl (C=O) groups is 1. The van der Waals surface area contributed by atoms with Gasteiger partial charge in [0.1, 0.15) is 5.75 Å². The Bertz CT molecular complexity index is 1260. The molecule has 1 aromatic heterocycles. The maximum Gasteiger partial charge on any atom is 0.300 e. The maximum atomic E-state index is 11.2. The molecule has 3 aromatic carbocycles. The van der Waals surface area contributed by atoms with E-state index in [1.165, 1.54) is 17.2 Å². The fraction of sp³-hybridized carbons (Fsp3) is 0.130. The summed E-state index contributed by atoms with van der Waals surface area (Å²) in [4.78, 5) is 18.8. The summed E-state index contributed by atoms with van der Waals surface area (Å²) in [7, 11) is 0. The number of aromatic carboxylic acids is 1. The number of aromatic nitrogens is 2. The van der Waals surface area contributed by atoms with Crippen molar-refractivity contribution in [2.45, 2.75) is 20.8 Å². The first kappa shape index (κ1) is 21.4. The molecule has 30 heavy (non-hydrogen) atoms. The Morgan fingerprint density at radius 3 is 2.43 bits per heavy atom. The lowest BCUT2D eigenvalue weighted by atomic mass is 10.00. The minimum atomic E-state index is -1.25. The van der Waals surface area contributed by atoms with Gasteiger partial charge in [-0.2, -0.15) is 4.98 Å². The van der Waals surface area contributed by atoms with E-state index in [1.807, 2.05) is 18.2 Å². The van der Waals surface area contributed by atoms with Crippen LogP contribution in [0.15, 0.2) is 48.5 Å². The van der Waals surface area contributed by atoms with Gasteiger partial charge in [-0.15, -0.1) is 0 Å². The van der Waals surface area contributed by atoms with Gasteiger partial charge in [0.05, 0.1) is 22.0 Å². The summed E-state index contributed by atoms with van der Waals surface area (Å²) in [6, 6.07) is 14.9. The van der Waals surface area contributed by atoms with Crippen molar-refractivity contribution in [3.8, 4) is 22.9 Å². The Morgan fingerprint density at radius 1 is 1.00 bits per heavy atom. The first-order valence-electron chi connectivity index (χ1n) is 9.08. The molecule has 0 aliphatic heterocycles. The maximum absolute atomic E-state index is 11.2. The quantitative estimate of drug-likeness (QED) is 0.460. The third-order valence-electron chi connectivity index (χ3n) is 5.01. The van der Waals surface area contributed by atoms with E-state index in [0.717, 1.165) is 16.6 Å². The molecule has 0 unspecified atom stereocenters. The standard InChI is InChI=1S/C23H19ClN2O3.H3N/c1-12-4-6-15(8-14(12)3)18-10-20-21(11-19(18)24)26-23(25-20)29-16-7-5-13(2)17(9-16)22(27)28;/h4-11H,1-3H3,(H,25,26)(H,27,28);1H3. The van der Waals surface area contributed by atoms with Gasteiger partial charge in [0, 0.05) is 11.1 Å². The highest BCUT2D eigenvalue weighted by Gasteiger charge is 2.12. The highest BCUT2D eigenvalue weighted by atomic mass is 35.5. The van der Waals surface area contributed by atoms with Gasteiger partial charge in [-0.1, -0.05) is 35.9 Å². The summed E-state index contributed by atoms with van der Waals surface area (Å²) < 4.78 is 5.73. The van der Waals surface area contributed by atoms with Crippen LogP contribution in [-0.2, 0) is 0 Å². The zero-order chi connectivity index (χ0) is 20.7. The number of ether oxygens (including phenoxy) is 1. The molecular weight excluding hydrogens is 402 g/mol. The van der Waals surface area contributed by atoms with Gasteiger partial charge >= 0.3 is 0 Å². The van der Waals surface area contributed by atoms with E-state index in [9.17, 15) is 9.90 Å². The molecular formula is C23H22ClN3O3. The van der Waals surface area contributed by atoms with Crippen molar-refractivity contribution in [3.63, 3.8) is 0 Å². The molecule has 0 spiro atoms. The summed E-state index contributed by atoms with van der Waals surface area (Å²) in [5.41, 5.74) is 6.42. The number of hydrogen-bond acceptors (Lipinski definition) is 4. The Balaban J connectivity index is 0.00000256. The molecule has 0 bridgehead atoms. The number of rotatable bonds is 4. The van der Waals surface area contributed by atoms with E-state index >= 15 is 0 Å². The zero-order valence-electron chi connectivity index (χ0n) is 17.2. The van der Waals surface area contributed by atoms with Gasteiger partial charge in [-0.05, 0) is 67.3 Å². The average molecular weight is 424 g/mol. The summed E-state index contributed by atoms with van der Waals surface area (Å²) in [6.45, 7) is 5.83. The van der Waals surface area contributed by atoms with Gasteiger partial charge < -0.3 is 25.8 Å². The number of halogens is 1. The number of aromatic amines is 1. The Labute approximate surface area is 179 Å². The van der Waals surface area contributed by atoms with Crippen molar-refractivity contribution >= 4 is 28.6 Å². The Kier molecular flexibility index (Phi) is 5.82. The summed E-state index contributed by atoms with van der Waals surface area (Å²) in [5, 5.41) is 11.8. The van der Waals surface area contributed by atoms with Gasteiger partial charge in [0.2, 0.25) is 0 Å². The van der Waals surface area contributed by atoms with E-state index in [2.05, 4.69) is 35.9 Å². The zero-order valence-corrected chi connectivity index (χ0v) is 17.9. The lowest BCUT2D eigenvalue weighted by molar-refractivity contribution is -0.255. The molecule has 5 N–H and O–H groups in total. The molecule has 0 atom stereocenters. The fourth-order valence-electron chi connectivity index (χ4n) is 3.18. The number of nitrogens with one attached hydrogen (secondary N) is 1. The number of fused-ring (bicyclic) bond motifs is 1. The van der Waals surface area contributed by atoms with E-state index in [4.69, 9.17) is 16.3 Å². The summed E-state index contributed by atoms with van der Waals surface area (Å²) in [5.74, 6) is -0.892. The van der Waals surface area contributed by atoms with Crippen LogP contribution in [0.3, 0.4) is 0 Å². The first-order chi connectivity index (χ1) is 13.8. The highest BCUT2D eigenvalue weighted by molar-refractivity contribution is 6.34. The Hall–Kier alpha value is -3.35. The van der Waals surface area contributed by atoms with Crippen LogP contribution in [0.1, 0.15) is 27.0 Å². The van der Waals surface area contributed by atoms with Gasteiger partial charge in [-0.25, -0.2) is 0 Å². The minimum Gasteiger partial charge on any atom is -0.545 e. The van der Waals surface area contributed by atoms with Gasteiger partial charge in [0.25, 0.3) is 6.01 Å². The van der Waals surface area contributed by atoms with Crippen molar-refractivity contribution < 1.29 is 14.6 Å². The number of aryl methyl sites for hydroxylation is 3. The van der Waals surface area contributed by atoms with Crippen LogP contribution in [0.4, 0.5) is 0 Å². The molecule has 1 heterocycles. The number of imidazole rings is 1. The molecule has 0 fully saturated rings. The predicted octanol–water partition coefficient (Wildman–Crippen LogP) is 5.34. The number of hydrogen-bond donors (Lipinski definition) is 2. The summed E-state index contributed by atoms with van der Waals surface area (Å²) >= 11 is 6.51. The third-order valence-corrected chi connectivity index (χ3v) is 5.32. The number of H-pyrrole nitrogens is 1. The lowest BCUT2D eigenvalue weighted by Crippen LogP contribution is -2.23. The van der Waals surface area contributed by atoms with E-state index in [1.54, 1.807) is 19.1 Å². The Morgan fingerprint density at radius 2 is 1.73 bits per heavy atom. The monoisotopic (exact) mass is 423 g/mol. The molecule has 0 aliphatic rings. The second-order valence-electron chi connectivity index (χ2n) is 7.06. The second kappa shape index (κ2) is 8.18. The largest absolute Gasteiger partial charge is 0.545 e. The normalized spacial score (nSPS) is 10.7. The van der Waals surface area contributed by atoms with Crippen LogP contribution in [0.2, 0.25) is 5.02 Å². The van der Waals surface area contributed by atoms with E-state index < -0.39 is 5.97 Å². The molecule has 0 saturated carbocycles. The molecule has 0 saturated heterocycles. The smallest absolute Gasteiger partial charge is 0.300 e. The van der Waals surface area contributed by atoms with Crippen molar-refractivity contribution in [3.05, 3.63) is 75.8 Å². The fourth-order valence-corrected chi connectivity index (χ4v) is 3.45. The molecule has 4 rings (SSSR count).